The summed E-state index contributed by atoms with van der Waals surface area (Å²) in [4.78, 5) is 6.38. The number of allylic oxidation sites excluding steroid dienone is 1. The largest absolute Gasteiger partial charge is 0.309 e. The van der Waals surface area contributed by atoms with E-state index < -0.39 is 0 Å². The van der Waals surface area contributed by atoms with Gasteiger partial charge in [-0.15, -0.1) is 0 Å². The Labute approximate surface area is 127 Å². The van der Waals surface area contributed by atoms with Crippen molar-refractivity contribution in [3.05, 3.63) is 71.1 Å². The zero-order valence-corrected chi connectivity index (χ0v) is 12.8. The average Bonchev–Trinajstić information content (AvgIpc) is 2.84. The van der Waals surface area contributed by atoms with Gasteiger partial charge in [0.05, 0.1) is 0 Å². The Bertz CT molecular complexity index is 642. The molecule has 0 bridgehead atoms. The molecule has 1 aliphatic rings. The lowest BCUT2D eigenvalue weighted by Gasteiger charge is -2.12. The number of hydrogen-bond donors (Lipinski definition) is 0. The van der Waals surface area contributed by atoms with Gasteiger partial charge in [0.1, 0.15) is 0 Å². The number of pyridine rings is 1. The maximum atomic E-state index is 4.12. The average molecular weight is 278 g/mol. The van der Waals surface area contributed by atoms with Crippen LogP contribution in [0.25, 0.3) is 5.57 Å². The van der Waals surface area contributed by atoms with Crippen molar-refractivity contribution in [2.45, 2.75) is 19.3 Å². The van der Waals surface area contributed by atoms with Gasteiger partial charge in [0.2, 0.25) is 0 Å². The van der Waals surface area contributed by atoms with Crippen LogP contribution < -0.4 is 0 Å². The van der Waals surface area contributed by atoms with E-state index in [0.29, 0.717) is 0 Å². The lowest BCUT2D eigenvalue weighted by Crippen LogP contribution is -2.13. The normalized spacial score (nSPS) is 13.9. The van der Waals surface area contributed by atoms with E-state index in [1.165, 1.54) is 22.3 Å². The molecule has 1 aromatic heterocycles. The predicted molar refractivity (Wildman–Crippen MR) is 88.2 cm³/mol. The molecule has 1 heterocycles. The van der Waals surface area contributed by atoms with Crippen LogP contribution in [0.3, 0.4) is 0 Å². The van der Waals surface area contributed by atoms with Gasteiger partial charge in [0.15, 0.2) is 0 Å². The summed E-state index contributed by atoms with van der Waals surface area (Å²) in [6, 6.07) is 13.1. The maximum absolute atomic E-state index is 4.12. The van der Waals surface area contributed by atoms with Crippen molar-refractivity contribution in [1.82, 2.24) is 9.88 Å². The van der Waals surface area contributed by atoms with Gasteiger partial charge in [0, 0.05) is 18.9 Å². The second-order valence-electron chi connectivity index (χ2n) is 6.00. The van der Waals surface area contributed by atoms with E-state index in [0.717, 1.165) is 25.8 Å². The van der Waals surface area contributed by atoms with Crippen LogP contribution in [0.4, 0.5) is 0 Å². The van der Waals surface area contributed by atoms with Crippen LogP contribution >= 0.6 is 0 Å². The fourth-order valence-electron chi connectivity index (χ4n) is 3.02. The van der Waals surface area contributed by atoms with Gasteiger partial charge in [0.25, 0.3) is 0 Å². The summed E-state index contributed by atoms with van der Waals surface area (Å²) in [5.41, 5.74) is 7.40. The first-order valence-corrected chi connectivity index (χ1v) is 7.57. The highest BCUT2D eigenvalue weighted by molar-refractivity contribution is 5.77. The molecule has 2 heteroatoms. The third-order valence-corrected chi connectivity index (χ3v) is 4.16. The number of benzene rings is 1. The molecule has 0 amide bonds. The third-order valence-electron chi connectivity index (χ3n) is 4.16. The van der Waals surface area contributed by atoms with Crippen molar-refractivity contribution in [2.75, 3.05) is 20.6 Å². The molecule has 0 atom stereocenters. The van der Waals surface area contributed by atoms with Crippen LogP contribution in [0.15, 0.2) is 54.4 Å². The Morgan fingerprint density at radius 1 is 1.05 bits per heavy atom. The van der Waals surface area contributed by atoms with Crippen LogP contribution in [0, 0.1) is 0 Å². The van der Waals surface area contributed by atoms with Crippen LogP contribution in [0.1, 0.15) is 23.1 Å². The molecule has 0 unspecified atom stereocenters. The van der Waals surface area contributed by atoms with Gasteiger partial charge in [-0.1, -0.05) is 29.8 Å². The molecule has 2 aromatic rings. The van der Waals surface area contributed by atoms with Crippen molar-refractivity contribution >= 4 is 5.57 Å². The number of nitrogens with zero attached hydrogens (tertiary/aromatic N) is 2. The molecule has 108 valence electrons. The highest BCUT2D eigenvalue weighted by Gasteiger charge is 2.20. The zero-order chi connectivity index (χ0) is 14.7. The summed E-state index contributed by atoms with van der Waals surface area (Å²) in [5, 5.41) is 0. The van der Waals surface area contributed by atoms with Crippen molar-refractivity contribution in [3.8, 4) is 0 Å². The molecular formula is C19H22N2. The lowest BCUT2D eigenvalue weighted by molar-refractivity contribution is 0.412. The van der Waals surface area contributed by atoms with Crippen molar-refractivity contribution in [2.24, 2.45) is 0 Å². The minimum atomic E-state index is 1.02. The first-order valence-electron chi connectivity index (χ1n) is 7.57. The molecule has 0 spiro atoms. The zero-order valence-electron chi connectivity index (χ0n) is 12.8. The smallest absolute Gasteiger partial charge is 0.0270 e. The molecular weight excluding hydrogens is 256 g/mol. The van der Waals surface area contributed by atoms with E-state index in [-0.39, 0.29) is 0 Å². The lowest BCUT2D eigenvalue weighted by atomic mass is 9.97. The van der Waals surface area contributed by atoms with Gasteiger partial charge >= 0.3 is 0 Å². The van der Waals surface area contributed by atoms with Gasteiger partial charge in [-0.2, -0.15) is 0 Å². The van der Waals surface area contributed by atoms with Crippen molar-refractivity contribution < 1.29 is 0 Å². The van der Waals surface area contributed by atoms with E-state index in [1.54, 1.807) is 5.57 Å². The summed E-state index contributed by atoms with van der Waals surface area (Å²) in [6.45, 7) is 1.11. The first kappa shape index (κ1) is 14.0. The van der Waals surface area contributed by atoms with Crippen LogP contribution in [0.5, 0.6) is 0 Å². The molecule has 0 fully saturated rings. The summed E-state index contributed by atoms with van der Waals surface area (Å²) in [5.74, 6) is 0. The fraction of sp³-hybridized carbons (Fsp3) is 0.316. The Kier molecular flexibility index (Phi) is 4.16. The molecule has 0 N–H and O–H groups in total. The maximum Gasteiger partial charge on any atom is 0.0270 e. The number of fused-ring (bicyclic) bond motifs is 1. The van der Waals surface area contributed by atoms with Crippen LogP contribution in [-0.4, -0.2) is 30.5 Å². The minimum absolute atomic E-state index is 1.02. The highest BCUT2D eigenvalue weighted by atomic mass is 15.0. The number of hydrogen-bond acceptors (Lipinski definition) is 2. The Hall–Kier alpha value is -1.93. The SMILES string of the molecule is CN(C)CCC1=C(Cc2ccncc2)c2ccccc2C1. The summed E-state index contributed by atoms with van der Waals surface area (Å²) in [6.07, 6.45) is 7.06. The molecule has 21 heavy (non-hydrogen) atoms. The Balaban J connectivity index is 1.90. The summed E-state index contributed by atoms with van der Waals surface area (Å²) in [7, 11) is 4.29. The van der Waals surface area contributed by atoms with Gasteiger partial charge in [-0.25, -0.2) is 0 Å². The standard InChI is InChI=1S/C19H22N2/c1-21(2)12-9-17-14-16-5-3-4-6-18(16)19(17)13-15-7-10-20-11-8-15/h3-8,10-11H,9,12-14H2,1-2H3. The van der Waals surface area contributed by atoms with Gasteiger partial charge < -0.3 is 4.90 Å². The van der Waals surface area contributed by atoms with Crippen molar-refractivity contribution in [1.29, 1.82) is 0 Å². The van der Waals surface area contributed by atoms with E-state index in [2.05, 4.69) is 60.4 Å². The number of aromatic nitrogens is 1. The van der Waals surface area contributed by atoms with Gasteiger partial charge in [-0.05, 0) is 67.8 Å². The fourth-order valence-corrected chi connectivity index (χ4v) is 3.02. The van der Waals surface area contributed by atoms with E-state index >= 15 is 0 Å². The van der Waals surface area contributed by atoms with Crippen LogP contribution in [0.2, 0.25) is 0 Å². The molecule has 3 rings (SSSR count). The van der Waals surface area contributed by atoms with E-state index in [1.807, 2.05) is 12.4 Å². The monoisotopic (exact) mass is 278 g/mol. The number of rotatable bonds is 5. The molecule has 0 saturated carbocycles. The quantitative estimate of drug-likeness (QED) is 0.831. The molecule has 1 aromatic carbocycles. The van der Waals surface area contributed by atoms with Gasteiger partial charge in [-0.3, -0.25) is 4.98 Å². The summed E-state index contributed by atoms with van der Waals surface area (Å²) < 4.78 is 0. The molecule has 0 aliphatic heterocycles. The van der Waals surface area contributed by atoms with Crippen LogP contribution in [-0.2, 0) is 12.8 Å². The minimum Gasteiger partial charge on any atom is -0.309 e. The molecule has 2 nitrogen and oxygen atoms in total. The molecule has 0 radical (unpaired) electrons. The Morgan fingerprint density at radius 3 is 2.57 bits per heavy atom. The first-order chi connectivity index (χ1) is 10.2. The second kappa shape index (κ2) is 6.23. The Morgan fingerprint density at radius 2 is 1.81 bits per heavy atom. The predicted octanol–water partition coefficient (Wildman–Crippen LogP) is 3.59. The third kappa shape index (κ3) is 3.22. The second-order valence-corrected chi connectivity index (χ2v) is 6.00. The highest BCUT2D eigenvalue weighted by Crippen LogP contribution is 2.36. The molecule has 1 aliphatic carbocycles. The topological polar surface area (TPSA) is 16.1 Å². The van der Waals surface area contributed by atoms with Crippen molar-refractivity contribution in [3.63, 3.8) is 0 Å². The summed E-state index contributed by atoms with van der Waals surface area (Å²) >= 11 is 0. The molecule has 0 saturated heterocycles. The van der Waals surface area contributed by atoms with E-state index in [4.69, 9.17) is 0 Å². The van der Waals surface area contributed by atoms with E-state index in [9.17, 15) is 0 Å².